The third kappa shape index (κ3) is 4.36. The molecule has 132 valence electrons. The van der Waals surface area contributed by atoms with Gasteiger partial charge in [0.1, 0.15) is 5.69 Å². The van der Waals surface area contributed by atoms with E-state index < -0.39 is 6.09 Å². The van der Waals surface area contributed by atoms with Gasteiger partial charge in [-0.3, -0.25) is 4.68 Å². The summed E-state index contributed by atoms with van der Waals surface area (Å²) < 4.78 is 6.39. The van der Waals surface area contributed by atoms with Gasteiger partial charge in [0, 0.05) is 17.3 Å². The van der Waals surface area contributed by atoms with Crippen LogP contribution in [0.3, 0.4) is 0 Å². The molecule has 0 aliphatic heterocycles. The van der Waals surface area contributed by atoms with Crippen LogP contribution in [-0.2, 0) is 11.3 Å². The zero-order valence-corrected chi connectivity index (χ0v) is 14.7. The maximum atomic E-state index is 11.2. The lowest BCUT2D eigenvalue weighted by molar-refractivity contribution is 0.171. The molecule has 0 aliphatic carbocycles. The second-order valence-electron chi connectivity index (χ2n) is 5.85. The number of carbonyl (C=O) groups excluding carboxylic acids is 1. The molecule has 0 radical (unpaired) electrons. The number of rotatable bonds is 5. The number of nitrogens with zero attached hydrogens (tertiary/aromatic N) is 3. The second kappa shape index (κ2) is 8.11. The van der Waals surface area contributed by atoms with Crippen molar-refractivity contribution in [3.8, 4) is 11.3 Å². The van der Waals surface area contributed by atoms with E-state index in [1.807, 2.05) is 54.2 Å². The van der Waals surface area contributed by atoms with Gasteiger partial charge in [-0.25, -0.2) is 10.2 Å². The van der Waals surface area contributed by atoms with Crippen molar-refractivity contribution in [2.45, 2.75) is 13.5 Å². The number of methoxy groups -OCH3 is 1. The quantitative estimate of drug-likeness (QED) is 0.566. The molecule has 3 rings (SSSR count). The number of amides is 1. The molecule has 0 aliphatic rings. The van der Waals surface area contributed by atoms with Gasteiger partial charge in [0.2, 0.25) is 0 Å². The highest BCUT2D eigenvalue weighted by Gasteiger charge is 2.11. The molecule has 1 heterocycles. The van der Waals surface area contributed by atoms with Gasteiger partial charge < -0.3 is 4.74 Å². The lowest BCUT2D eigenvalue weighted by Gasteiger charge is -2.02. The summed E-state index contributed by atoms with van der Waals surface area (Å²) in [5.74, 6) is 0. The average molecular weight is 348 g/mol. The monoisotopic (exact) mass is 348 g/mol. The summed E-state index contributed by atoms with van der Waals surface area (Å²) >= 11 is 0. The summed E-state index contributed by atoms with van der Waals surface area (Å²) in [6.45, 7) is 2.69. The Morgan fingerprint density at radius 3 is 2.77 bits per heavy atom. The van der Waals surface area contributed by atoms with Crippen LogP contribution in [0.25, 0.3) is 11.3 Å². The maximum Gasteiger partial charge on any atom is 0.427 e. The third-order valence-corrected chi connectivity index (χ3v) is 3.81. The maximum absolute atomic E-state index is 11.2. The summed E-state index contributed by atoms with van der Waals surface area (Å²) in [6.07, 6.45) is 2.87. The zero-order chi connectivity index (χ0) is 18.4. The van der Waals surface area contributed by atoms with Crippen LogP contribution >= 0.6 is 0 Å². The lowest BCUT2D eigenvalue weighted by Crippen LogP contribution is -2.16. The van der Waals surface area contributed by atoms with Gasteiger partial charge in [-0.2, -0.15) is 10.2 Å². The van der Waals surface area contributed by atoms with E-state index in [1.165, 1.54) is 7.11 Å². The predicted octanol–water partition coefficient (Wildman–Crippen LogP) is 3.60. The standard InChI is InChI=1S/C20H20N4O2/c1-15-7-6-10-17(11-15)19-18(12-21-22-20(25)26-2)14-24(23-19)13-16-8-4-3-5-9-16/h3-12,14H,13H2,1-2H3,(H,22,25)/b21-12-. The van der Waals surface area contributed by atoms with E-state index in [1.54, 1.807) is 6.21 Å². The Kier molecular flexibility index (Phi) is 5.43. The van der Waals surface area contributed by atoms with Crippen molar-refractivity contribution in [3.63, 3.8) is 0 Å². The molecule has 1 N–H and O–H groups in total. The highest BCUT2D eigenvalue weighted by Crippen LogP contribution is 2.22. The first kappa shape index (κ1) is 17.4. The number of ether oxygens (including phenoxy) is 1. The first-order valence-electron chi connectivity index (χ1n) is 8.21. The highest BCUT2D eigenvalue weighted by atomic mass is 16.5. The minimum Gasteiger partial charge on any atom is -0.452 e. The Labute approximate surface area is 152 Å². The van der Waals surface area contributed by atoms with Crippen LogP contribution in [0, 0.1) is 6.92 Å². The van der Waals surface area contributed by atoms with Crippen LogP contribution in [0.4, 0.5) is 4.79 Å². The molecule has 0 spiro atoms. The molecular weight excluding hydrogens is 328 g/mol. The van der Waals surface area contributed by atoms with Crippen LogP contribution in [0.5, 0.6) is 0 Å². The van der Waals surface area contributed by atoms with E-state index >= 15 is 0 Å². The van der Waals surface area contributed by atoms with Crippen LogP contribution in [0.2, 0.25) is 0 Å². The van der Waals surface area contributed by atoms with Crippen LogP contribution in [0.1, 0.15) is 16.7 Å². The van der Waals surface area contributed by atoms with E-state index in [0.717, 1.165) is 27.9 Å². The largest absolute Gasteiger partial charge is 0.452 e. The van der Waals surface area contributed by atoms with Crippen molar-refractivity contribution >= 4 is 12.3 Å². The molecule has 3 aromatic rings. The van der Waals surface area contributed by atoms with E-state index in [9.17, 15) is 4.79 Å². The molecule has 2 aromatic carbocycles. The summed E-state index contributed by atoms with van der Waals surface area (Å²) in [7, 11) is 1.29. The summed E-state index contributed by atoms with van der Waals surface area (Å²) in [6, 6.07) is 18.2. The first-order chi connectivity index (χ1) is 12.7. The second-order valence-corrected chi connectivity index (χ2v) is 5.85. The van der Waals surface area contributed by atoms with Crippen molar-refractivity contribution in [1.82, 2.24) is 15.2 Å². The normalized spacial score (nSPS) is 10.8. The average Bonchev–Trinajstić information content (AvgIpc) is 3.05. The Morgan fingerprint density at radius 2 is 2.04 bits per heavy atom. The minimum absolute atomic E-state index is 0.616. The number of hydrazone groups is 1. The van der Waals surface area contributed by atoms with Gasteiger partial charge in [-0.15, -0.1) is 0 Å². The van der Waals surface area contributed by atoms with E-state index in [0.29, 0.717) is 6.54 Å². The number of hydrogen-bond acceptors (Lipinski definition) is 4. The molecule has 6 heteroatoms. The molecule has 0 saturated heterocycles. The lowest BCUT2D eigenvalue weighted by atomic mass is 10.1. The number of aryl methyl sites for hydroxylation is 1. The summed E-state index contributed by atoms with van der Waals surface area (Å²) in [4.78, 5) is 11.2. The fourth-order valence-electron chi connectivity index (χ4n) is 2.60. The van der Waals surface area contributed by atoms with Crippen LogP contribution in [0.15, 0.2) is 65.9 Å². The van der Waals surface area contributed by atoms with Crippen molar-refractivity contribution in [3.05, 3.63) is 77.5 Å². The molecule has 26 heavy (non-hydrogen) atoms. The highest BCUT2D eigenvalue weighted by molar-refractivity contribution is 5.89. The number of hydrogen-bond donors (Lipinski definition) is 1. The van der Waals surface area contributed by atoms with Crippen molar-refractivity contribution < 1.29 is 9.53 Å². The molecule has 0 fully saturated rings. The molecule has 1 aromatic heterocycles. The third-order valence-electron chi connectivity index (χ3n) is 3.81. The minimum atomic E-state index is -0.616. The molecule has 0 atom stereocenters. The number of nitrogens with one attached hydrogen (secondary N) is 1. The van der Waals surface area contributed by atoms with Crippen molar-refractivity contribution in [2.24, 2.45) is 5.10 Å². The predicted molar refractivity (Wildman–Crippen MR) is 101 cm³/mol. The SMILES string of the molecule is COC(=O)N/N=C\c1cn(Cc2ccccc2)nc1-c1cccc(C)c1. The Morgan fingerprint density at radius 1 is 1.23 bits per heavy atom. The molecule has 0 bridgehead atoms. The number of benzene rings is 2. The summed E-state index contributed by atoms with van der Waals surface area (Å²) in [5.41, 5.74) is 7.21. The first-order valence-corrected chi connectivity index (χ1v) is 8.21. The summed E-state index contributed by atoms with van der Waals surface area (Å²) in [5, 5.41) is 8.65. The number of aromatic nitrogens is 2. The van der Waals surface area contributed by atoms with Gasteiger partial charge in [0.15, 0.2) is 0 Å². The van der Waals surface area contributed by atoms with E-state index in [-0.39, 0.29) is 0 Å². The Balaban J connectivity index is 1.93. The molecular formula is C20H20N4O2. The van der Waals surface area contributed by atoms with Crippen molar-refractivity contribution in [1.29, 1.82) is 0 Å². The molecule has 0 unspecified atom stereocenters. The Bertz CT molecular complexity index is 917. The molecule has 0 saturated carbocycles. The number of carbonyl (C=O) groups is 1. The van der Waals surface area contributed by atoms with Crippen LogP contribution in [-0.4, -0.2) is 29.2 Å². The fourth-order valence-corrected chi connectivity index (χ4v) is 2.60. The molecule has 1 amide bonds. The zero-order valence-electron chi connectivity index (χ0n) is 14.7. The smallest absolute Gasteiger partial charge is 0.427 e. The van der Waals surface area contributed by atoms with Gasteiger partial charge in [0.25, 0.3) is 0 Å². The molecule has 6 nitrogen and oxygen atoms in total. The van der Waals surface area contributed by atoms with E-state index in [2.05, 4.69) is 33.5 Å². The Hall–Kier alpha value is -3.41. The van der Waals surface area contributed by atoms with Crippen molar-refractivity contribution in [2.75, 3.05) is 7.11 Å². The fraction of sp³-hybridized carbons (Fsp3) is 0.150. The van der Waals surface area contributed by atoms with Gasteiger partial charge in [0.05, 0.1) is 19.9 Å². The van der Waals surface area contributed by atoms with Crippen LogP contribution < -0.4 is 5.43 Å². The van der Waals surface area contributed by atoms with Gasteiger partial charge in [-0.05, 0) is 18.6 Å². The topological polar surface area (TPSA) is 68.5 Å². The van der Waals surface area contributed by atoms with Gasteiger partial charge in [-0.1, -0.05) is 54.1 Å². The van der Waals surface area contributed by atoms with E-state index in [4.69, 9.17) is 5.10 Å². The van der Waals surface area contributed by atoms with Gasteiger partial charge >= 0.3 is 6.09 Å².